The zero-order chi connectivity index (χ0) is 6.97. The van der Waals surface area contributed by atoms with Crippen LogP contribution in [0, 0.1) is 0 Å². The molecule has 0 saturated carbocycles. The first-order valence-electron chi connectivity index (χ1n) is 3.33. The van der Waals surface area contributed by atoms with Gasteiger partial charge in [-0.2, -0.15) is 0 Å². The molecule has 0 saturated heterocycles. The van der Waals surface area contributed by atoms with Gasteiger partial charge in [0.05, 0.1) is 5.56 Å². The average Bonchev–Trinajstić information content (AvgIpc) is 2.34. The minimum atomic E-state index is 0.176. The molecule has 0 spiro atoms. The molecule has 2 rings (SSSR count). The topological polar surface area (TPSA) is 33.7 Å². The molecule has 1 aliphatic rings. The number of quaternary nitrogens is 1. The molecule has 10 heavy (non-hydrogen) atoms. The molecular weight excluding hydrogens is 126 g/mol. The Bertz CT molecular complexity index is 280. The highest BCUT2D eigenvalue weighted by molar-refractivity contribution is 5.90. The summed E-state index contributed by atoms with van der Waals surface area (Å²) in [5.74, 6) is 0.176. The second-order valence-corrected chi connectivity index (χ2v) is 2.43. The van der Waals surface area contributed by atoms with Gasteiger partial charge < -0.3 is 0 Å². The minimum Gasteiger partial charge on any atom is -0.275 e. The van der Waals surface area contributed by atoms with Gasteiger partial charge in [0, 0.05) is 5.56 Å². The molecular formula is C8H8NO+. The number of carbonyl (C=O) groups is 1. The standard InChI is InChI=1S/C8H7NO/c10-8-7-4-2-1-3-6(7)5-9-8/h1-4H,5H2,(H,9,10)/p+1. The molecule has 0 unspecified atom stereocenters. The molecule has 1 aromatic rings. The summed E-state index contributed by atoms with van der Waals surface area (Å²) in [5, 5.41) is 1.73. The summed E-state index contributed by atoms with van der Waals surface area (Å²) >= 11 is 0. The van der Waals surface area contributed by atoms with Gasteiger partial charge >= 0.3 is 5.91 Å². The number of nitrogens with two attached hydrogens (primary N) is 1. The number of carbonyl (C=O) groups excluding carboxylic acids is 1. The van der Waals surface area contributed by atoms with Crippen molar-refractivity contribution in [1.29, 1.82) is 0 Å². The third kappa shape index (κ3) is 0.660. The van der Waals surface area contributed by atoms with Gasteiger partial charge in [-0.25, -0.2) is 4.79 Å². The first kappa shape index (κ1) is 5.62. The van der Waals surface area contributed by atoms with Gasteiger partial charge in [0.1, 0.15) is 6.54 Å². The van der Waals surface area contributed by atoms with E-state index >= 15 is 0 Å². The van der Waals surface area contributed by atoms with Crippen molar-refractivity contribution in [3.63, 3.8) is 0 Å². The summed E-state index contributed by atoms with van der Waals surface area (Å²) in [4.78, 5) is 11.0. The van der Waals surface area contributed by atoms with E-state index in [0.29, 0.717) is 0 Å². The highest BCUT2D eigenvalue weighted by atomic mass is 16.1. The molecule has 1 aliphatic heterocycles. The molecule has 2 nitrogen and oxygen atoms in total. The quantitative estimate of drug-likeness (QED) is 0.528. The van der Waals surface area contributed by atoms with Gasteiger partial charge in [0.2, 0.25) is 0 Å². The molecule has 2 heteroatoms. The van der Waals surface area contributed by atoms with Crippen LogP contribution in [0.25, 0.3) is 0 Å². The Kier molecular flexibility index (Phi) is 1.08. The predicted molar refractivity (Wildman–Crippen MR) is 36.4 cm³/mol. The van der Waals surface area contributed by atoms with Crippen molar-refractivity contribution in [2.75, 3.05) is 0 Å². The predicted octanol–water partition coefficient (Wildman–Crippen LogP) is -0.0962. The zero-order valence-corrected chi connectivity index (χ0v) is 5.50. The molecule has 0 aliphatic carbocycles. The van der Waals surface area contributed by atoms with Crippen LogP contribution in [0.5, 0.6) is 0 Å². The van der Waals surface area contributed by atoms with E-state index in [-0.39, 0.29) is 5.91 Å². The molecule has 50 valence electrons. The Labute approximate surface area is 58.9 Å². The zero-order valence-electron chi connectivity index (χ0n) is 5.50. The van der Waals surface area contributed by atoms with Gasteiger partial charge in [0.25, 0.3) is 0 Å². The monoisotopic (exact) mass is 134 g/mol. The fraction of sp³-hybridized carbons (Fsp3) is 0.125. The molecule has 0 radical (unpaired) electrons. The van der Waals surface area contributed by atoms with Crippen molar-refractivity contribution in [2.45, 2.75) is 6.54 Å². The molecule has 2 N–H and O–H groups in total. The number of benzene rings is 1. The Hall–Kier alpha value is -1.15. The summed E-state index contributed by atoms with van der Waals surface area (Å²) in [6.07, 6.45) is 0. The highest BCUT2D eigenvalue weighted by Crippen LogP contribution is 2.08. The molecule has 0 fully saturated rings. The maximum absolute atomic E-state index is 11.0. The van der Waals surface area contributed by atoms with Crippen LogP contribution in [0.2, 0.25) is 0 Å². The molecule has 0 atom stereocenters. The lowest BCUT2D eigenvalue weighted by molar-refractivity contribution is -0.564. The van der Waals surface area contributed by atoms with E-state index in [1.807, 2.05) is 24.3 Å². The van der Waals surface area contributed by atoms with E-state index in [1.165, 1.54) is 0 Å². The maximum Gasteiger partial charge on any atom is 0.343 e. The van der Waals surface area contributed by atoms with E-state index in [4.69, 9.17) is 0 Å². The Morgan fingerprint density at radius 2 is 2.10 bits per heavy atom. The van der Waals surface area contributed by atoms with Crippen molar-refractivity contribution >= 4 is 5.91 Å². The van der Waals surface area contributed by atoms with Crippen LogP contribution in [-0.4, -0.2) is 5.91 Å². The second-order valence-electron chi connectivity index (χ2n) is 2.43. The normalized spacial score (nSPS) is 15.4. The lowest BCUT2D eigenvalue weighted by atomic mass is 10.1. The Morgan fingerprint density at radius 1 is 1.30 bits per heavy atom. The summed E-state index contributed by atoms with van der Waals surface area (Å²) in [5.41, 5.74) is 2.04. The third-order valence-electron chi connectivity index (χ3n) is 1.79. The van der Waals surface area contributed by atoms with Crippen LogP contribution < -0.4 is 5.32 Å². The number of rotatable bonds is 0. The van der Waals surface area contributed by atoms with Gasteiger partial charge in [-0.1, -0.05) is 18.2 Å². The van der Waals surface area contributed by atoms with E-state index < -0.39 is 0 Å². The summed E-state index contributed by atoms with van der Waals surface area (Å²) in [7, 11) is 0. The van der Waals surface area contributed by atoms with Crippen molar-refractivity contribution < 1.29 is 10.1 Å². The lowest BCUT2D eigenvalue weighted by Crippen LogP contribution is -2.83. The number of fused-ring (bicyclic) bond motifs is 1. The number of amides is 1. The number of primary amides is 1. The van der Waals surface area contributed by atoms with Crippen LogP contribution in [0.3, 0.4) is 0 Å². The van der Waals surface area contributed by atoms with Crippen LogP contribution in [-0.2, 0) is 6.54 Å². The Balaban J connectivity index is 2.61. The fourth-order valence-corrected chi connectivity index (χ4v) is 1.25. The van der Waals surface area contributed by atoms with Gasteiger partial charge in [0.15, 0.2) is 0 Å². The third-order valence-corrected chi connectivity index (χ3v) is 1.79. The maximum atomic E-state index is 11.0. The van der Waals surface area contributed by atoms with E-state index in [9.17, 15) is 4.79 Å². The smallest absolute Gasteiger partial charge is 0.275 e. The SMILES string of the molecule is O=C1[NH2+]Cc2ccccc21. The lowest BCUT2D eigenvalue weighted by Gasteiger charge is -1.86. The van der Waals surface area contributed by atoms with Gasteiger partial charge in [-0.05, 0) is 6.07 Å². The molecule has 1 aromatic carbocycles. The van der Waals surface area contributed by atoms with E-state index in [1.54, 1.807) is 5.32 Å². The van der Waals surface area contributed by atoms with Crippen molar-refractivity contribution in [2.24, 2.45) is 0 Å². The van der Waals surface area contributed by atoms with Crippen LogP contribution in [0.4, 0.5) is 0 Å². The summed E-state index contributed by atoms with van der Waals surface area (Å²) < 4.78 is 0. The minimum absolute atomic E-state index is 0.176. The largest absolute Gasteiger partial charge is 0.343 e. The van der Waals surface area contributed by atoms with Crippen molar-refractivity contribution in [1.82, 2.24) is 0 Å². The average molecular weight is 134 g/mol. The van der Waals surface area contributed by atoms with Crippen molar-refractivity contribution in [3.05, 3.63) is 35.4 Å². The highest BCUT2D eigenvalue weighted by Gasteiger charge is 2.21. The molecule has 0 aromatic heterocycles. The van der Waals surface area contributed by atoms with Crippen LogP contribution in [0.1, 0.15) is 15.9 Å². The van der Waals surface area contributed by atoms with Crippen molar-refractivity contribution in [3.8, 4) is 0 Å². The van der Waals surface area contributed by atoms with E-state index in [2.05, 4.69) is 0 Å². The first-order chi connectivity index (χ1) is 4.88. The summed E-state index contributed by atoms with van der Waals surface area (Å²) in [6.45, 7) is 0.814. The Morgan fingerprint density at radius 3 is 2.90 bits per heavy atom. The number of hydrogen-bond acceptors (Lipinski definition) is 1. The summed E-state index contributed by atoms with van der Waals surface area (Å²) in [6, 6.07) is 7.74. The van der Waals surface area contributed by atoms with E-state index in [0.717, 1.165) is 17.7 Å². The molecule has 1 amide bonds. The molecule has 1 heterocycles. The fourth-order valence-electron chi connectivity index (χ4n) is 1.25. The van der Waals surface area contributed by atoms with Gasteiger partial charge in [-0.15, -0.1) is 0 Å². The molecule has 0 bridgehead atoms. The number of hydrogen-bond donors (Lipinski definition) is 1. The second kappa shape index (κ2) is 1.92. The van der Waals surface area contributed by atoms with Crippen LogP contribution >= 0.6 is 0 Å². The van der Waals surface area contributed by atoms with Crippen LogP contribution in [0.15, 0.2) is 24.3 Å². The van der Waals surface area contributed by atoms with Gasteiger partial charge in [-0.3, -0.25) is 5.32 Å². The first-order valence-corrected chi connectivity index (χ1v) is 3.33.